The first-order chi connectivity index (χ1) is 6.96. The molecule has 15 heavy (non-hydrogen) atoms. The fourth-order valence-corrected chi connectivity index (χ4v) is 2.50. The van der Waals surface area contributed by atoms with Gasteiger partial charge >= 0.3 is 0 Å². The molecule has 1 rings (SSSR count). The summed E-state index contributed by atoms with van der Waals surface area (Å²) in [6.45, 7) is 2.27. The van der Waals surface area contributed by atoms with Crippen molar-refractivity contribution in [2.24, 2.45) is 11.7 Å². The minimum Gasteiger partial charge on any atom is -0.386 e. The van der Waals surface area contributed by atoms with Gasteiger partial charge in [-0.3, -0.25) is 5.41 Å². The lowest BCUT2D eigenvalue weighted by atomic mass is 10.2. The molecule has 5 N–H and O–H groups in total. The average molecular weight is 234 g/mol. The third-order valence-corrected chi connectivity index (χ3v) is 3.40. The highest BCUT2D eigenvalue weighted by molar-refractivity contribution is 7.87. The van der Waals surface area contributed by atoms with E-state index in [0.717, 1.165) is 19.3 Å². The van der Waals surface area contributed by atoms with Crippen LogP contribution in [0.3, 0.4) is 0 Å². The summed E-state index contributed by atoms with van der Waals surface area (Å²) >= 11 is 0. The Hall–Kier alpha value is -0.660. The normalized spacial score (nSPS) is 18.7. The summed E-state index contributed by atoms with van der Waals surface area (Å²) < 4.78 is 27.7. The van der Waals surface area contributed by atoms with E-state index in [4.69, 9.17) is 11.1 Å². The van der Waals surface area contributed by atoms with Crippen molar-refractivity contribution < 1.29 is 8.42 Å². The predicted octanol–water partition coefficient (Wildman–Crippen LogP) is -0.465. The summed E-state index contributed by atoms with van der Waals surface area (Å²) in [6, 6.07) is -0.542. The first-order valence-corrected chi connectivity index (χ1v) is 6.55. The maximum atomic E-state index is 11.5. The van der Waals surface area contributed by atoms with E-state index in [2.05, 4.69) is 9.44 Å². The molecule has 0 bridgehead atoms. The van der Waals surface area contributed by atoms with Crippen LogP contribution in [0.15, 0.2) is 0 Å². The van der Waals surface area contributed by atoms with Crippen molar-refractivity contribution in [1.82, 2.24) is 9.44 Å². The summed E-state index contributed by atoms with van der Waals surface area (Å²) in [5.41, 5.74) is 5.34. The quantitative estimate of drug-likeness (QED) is 0.353. The van der Waals surface area contributed by atoms with Gasteiger partial charge in [0.05, 0.1) is 6.04 Å². The molecular formula is C8H18N4O2S. The number of amidine groups is 1. The molecule has 0 aliphatic heterocycles. The van der Waals surface area contributed by atoms with Gasteiger partial charge in [0.1, 0.15) is 5.84 Å². The number of hydrogen-bond acceptors (Lipinski definition) is 3. The molecule has 0 aromatic rings. The van der Waals surface area contributed by atoms with Gasteiger partial charge in [-0.25, -0.2) is 4.72 Å². The molecule has 7 heteroatoms. The van der Waals surface area contributed by atoms with Gasteiger partial charge in [-0.15, -0.1) is 0 Å². The predicted molar refractivity (Wildman–Crippen MR) is 58.8 cm³/mol. The Labute approximate surface area is 90.3 Å². The van der Waals surface area contributed by atoms with Gasteiger partial charge in [-0.1, -0.05) is 6.92 Å². The van der Waals surface area contributed by atoms with Crippen molar-refractivity contribution in [3.8, 4) is 0 Å². The van der Waals surface area contributed by atoms with Crippen LogP contribution < -0.4 is 15.2 Å². The average Bonchev–Trinajstić information content (AvgIpc) is 2.94. The molecular weight excluding hydrogens is 216 g/mol. The van der Waals surface area contributed by atoms with E-state index in [9.17, 15) is 8.42 Å². The van der Waals surface area contributed by atoms with Crippen molar-refractivity contribution in [3.63, 3.8) is 0 Å². The second kappa shape index (κ2) is 4.91. The van der Waals surface area contributed by atoms with E-state index in [1.165, 1.54) is 0 Å². The number of nitrogens with two attached hydrogens (primary N) is 1. The van der Waals surface area contributed by atoms with Crippen molar-refractivity contribution in [2.45, 2.75) is 32.2 Å². The zero-order valence-corrected chi connectivity index (χ0v) is 9.60. The van der Waals surface area contributed by atoms with Gasteiger partial charge < -0.3 is 5.73 Å². The van der Waals surface area contributed by atoms with Gasteiger partial charge in [-0.05, 0) is 25.2 Å². The number of rotatable bonds is 7. The second-order valence-electron chi connectivity index (χ2n) is 3.79. The Bertz CT molecular complexity index is 324. The lowest BCUT2D eigenvalue weighted by molar-refractivity contribution is 0.548. The Kier molecular flexibility index (Phi) is 4.06. The molecule has 0 heterocycles. The standard InChI is InChI=1S/C8H18N4O2S/c1-2-5-11-15(13,14)12-7(8(9)10)6-3-4-6/h6-7,11-12H,2-5H2,1H3,(H3,9,10). The van der Waals surface area contributed by atoms with Gasteiger partial charge in [-0.2, -0.15) is 13.1 Å². The van der Waals surface area contributed by atoms with Gasteiger partial charge in [0.2, 0.25) is 0 Å². The Morgan fingerprint density at radius 2 is 2.20 bits per heavy atom. The molecule has 0 radical (unpaired) electrons. The minimum atomic E-state index is -3.51. The van der Waals surface area contributed by atoms with Crippen molar-refractivity contribution >= 4 is 16.0 Å². The Morgan fingerprint density at radius 1 is 1.60 bits per heavy atom. The van der Waals surface area contributed by atoms with Crippen molar-refractivity contribution in [1.29, 1.82) is 5.41 Å². The third kappa shape index (κ3) is 4.15. The maximum Gasteiger partial charge on any atom is 0.277 e. The third-order valence-electron chi connectivity index (χ3n) is 2.25. The van der Waals surface area contributed by atoms with Crippen LogP contribution in [0.1, 0.15) is 26.2 Å². The highest BCUT2D eigenvalue weighted by atomic mass is 32.2. The summed E-state index contributed by atoms with van der Waals surface area (Å²) in [4.78, 5) is 0. The first-order valence-electron chi connectivity index (χ1n) is 5.07. The van der Waals surface area contributed by atoms with Crippen molar-refractivity contribution in [2.75, 3.05) is 6.54 Å². The molecule has 1 saturated carbocycles. The summed E-state index contributed by atoms with van der Waals surface area (Å²) in [5.74, 6) is 0.0834. The molecule has 1 aliphatic carbocycles. The summed E-state index contributed by atoms with van der Waals surface area (Å²) in [5, 5.41) is 7.30. The maximum absolute atomic E-state index is 11.5. The zero-order valence-electron chi connectivity index (χ0n) is 8.79. The van der Waals surface area contributed by atoms with E-state index in [0.29, 0.717) is 6.54 Å². The van der Waals surface area contributed by atoms with Crippen LogP contribution in [-0.2, 0) is 10.2 Å². The van der Waals surface area contributed by atoms with Crippen molar-refractivity contribution in [3.05, 3.63) is 0 Å². The molecule has 0 spiro atoms. The van der Waals surface area contributed by atoms with Crippen LogP contribution in [0.4, 0.5) is 0 Å². The van der Waals surface area contributed by atoms with E-state index in [1.807, 2.05) is 6.92 Å². The van der Waals surface area contributed by atoms with Crippen LogP contribution in [0.25, 0.3) is 0 Å². The molecule has 1 aliphatic rings. The molecule has 1 unspecified atom stereocenters. The van der Waals surface area contributed by atoms with Crippen LogP contribution >= 0.6 is 0 Å². The van der Waals surface area contributed by atoms with E-state index in [-0.39, 0.29) is 11.8 Å². The molecule has 1 fully saturated rings. The zero-order chi connectivity index (χ0) is 11.5. The lowest BCUT2D eigenvalue weighted by Gasteiger charge is -2.16. The SMILES string of the molecule is CCCNS(=O)(=O)NC(C(=N)N)C1CC1. The van der Waals surface area contributed by atoms with Gasteiger partial charge in [0, 0.05) is 6.54 Å². The van der Waals surface area contributed by atoms with E-state index >= 15 is 0 Å². The van der Waals surface area contributed by atoms with Crippen LogP contribution in [-0.4, -0.2) is 26.8 Å². The monoisotopic (exact) mass is 234 g/mol. The molecule has 88 valence electrons. The molecule has 0 saturated heterocycles. The molecule has 0 aromatic heterocycles. The van der Waals surface area contributed by atoms with Gasteiger partial charge in [0.15, 0.2) is 0 Å². The Morgan fingerprint density at radius 3 is 2.60 bits per heavy atom. The molecule has 1 atom stereocenters. The van der Waals surface area contributed by atoms with Crippen LogP contribution in [0.5, 0.6) is 0 Å². The van der Waals surface area contributed by atoms with E-state index < -0.39 is 16.3 Å². The molecule has 0 amide bonds. The second-order valence-corrected chi connectivity index (χ2v) is 5.32. The highest BCUT2D eigenvalue weighted by Crippen LogP contribution is 2.32. The molecule has 0 aromatic carbocycles. The summed E-state index contributed by atoms with van der Waals surface area (Å²) in [6.07, 6.45) is 2.59. The number of nitrogens with one attached hydrogen (secondary N) is 3. The lowest BCUT2D eigenvalue weighted by Crippen LogP contribution is -2.49. The van der Waals surface area contributed by atoms with Crippen LogP contribution in [0, 0.1) is 11.3 Å². The smallest absolute Gasteiger partial charge is 0.277 e. The Balaban J connectivity index is 2.53. The topological polar surface area (TPSA) is 108 Å². The highest BCUT2D eigenvalue weighted by Gasteiger charge is 2.35. The van der Waals surface area contributed by atoms with E-state index in [1.54, 1.807) is 0 Å². The first kappa shape index (κ1) is 12.4. The van der Waals surface area contributed by atoms with Crippen LogP contribution in [0.2, 0.25) is 0 Å². The molecule has 6 nitrogen and oxygen atoms in total. The fourth-order valence-electron chi connectivity index (χ4n) is 1.29. The number of hydrogen-bond donors (Lipinski definition) is 4. The van der Waals surface area contributed by atoms with Gasteiger partial charge in [0.25, 0.3) is 10.2 Å². The minimum absolute atomic E-state index is 0.112. The fraction of sp³-hybridized carbons (Fsp3) is 0.875. The summed E-state index contributed by atoms with van der Waals surface area (Å²) in [7, 11) is -3.51. The largest absolute Gasteiger partial charge is 0.386 e.